The number of sulfonamides is 1. The maximum absolute atomic E-state index is 13.0. The summed E-state index contributed by atoms with van der Waals surface area (Å²) < 4.78 is 26.8. The van der Waals surface area contributed by atoms with Gasteiger partial charge in [0.25, 0.3) is 0 Å². The average molecular weight is 370 g/mol. The number of rotatable bonds is 3. The Labute approximate surface area is 151 Å². The van der Waals surface area contributed by atoms with Gasteiger partial charge in [-0.05, 0) is 56.9 Å². The first kappa shape index (κ1) is 17.7. The Hall–Kier alpha value is -0.660. The van der Waals surface area contributed by atoms with Crippen LogP contribution < -0.4 is 0 Å². The van der Waals surface area contributed by atoms with E-state index < -0.39 is 10.0 Å². The monoisotopic (exact) mass is 369 g/mol. The second-order valence-corrected chi connectivity index (χ2v) is 11.3. The van der Waals surface area contributed by atoms with Crippen LogP contribution in [0.3, 0.4) is 0 Å². The molecule has 4 fully saturated rings. The van der Waals surface area contributed by atoms with E-state index in [1.54, 1.807) is 9.21 Å². The minimum Gasteiger partial charge on any atom is -0.348 e. The molecule has 0 N–H and O–H groups in total. The molecule has 2 saturated heterocycles. The highest BCUT2D eigenvalue weighted by molar-refractivity contribution is 7.90. The molecule has 142 valence electrons. The molecule has 1 amide bonds. The highest BCUT2D eigenvalue weighted by Crippen LogP contribution is 2.62. The lowest BCUT2D eigenvalue weighted by atomic mass is 9.66. The zero-order valence-corrected chi connectivity index (χ0v) is 16.5. The maximum Gasteiger partial charge on any atom is 0.229 e. The lowest BCUT2D eigenvalue weighted by Crippen LogP contribution is -2.49. The summed E-state index contributed by atoms with van der Waals surface area (Å²) in [6, 6.07) is 0. The summed E-state index contributed by atoms with van der Waals surface area (Å²) >= 11 is 0. The summed E-state index contributed by atoms with van der Waals surface area (Å²) in [6.07, 6.45) is 5.52. The van der Waals surface area contributed by atoms with Gasteiger partial charge in [0.1, 0.15) is 0 Å². The van der Waals surface area contributed by atoms with Gasteiger partial charge in [0.05, 0.1) is 10.7 Å². The maximum atomic E-state index is 13.0. The van der Waals surface area contributed by atoms with Crippen molar-refractivity contribution in [3.63, 3.8) is 0 Å². The van der Waals surface area contributed by atoms with Gasteiger partial charge >= 0.3 is 0 Å². The molecular weight excluding hydrogens is 338 g/mol. The van der Waals surface area contributed by atoms with E-state index in [9.17, 15) is 13.2 Å². The van der Waals surface area contributed by atoms with Crippen LogP contribution in [0.5, 0.6) is 0 Å². The van der Waals surface area contributed by atoms with Gasteiger partial charge in [0.15, 0.2) is 0 Å². The number of nitrogens with zero attached hydrogens (tertiary/aromatic N) is 3. The Morgan fingerprint density at radius 2 is 1.72 bits per heavy atom. The van der Waals surface area contributed by atoms with Gasteiger partial charge in [-0.1, -0.05) is 0 Å². The Morgan fingerprint density at radius 3 is 2.28 bits per heavy atom. The standard InChI is InChI=1S/C18H31N3O3S/c1-19(2)16(22)18-7-6-17(15(18)12-20(3)13-18)8-10-21(11-9-17)25(23,24)14-4-5-14/h14-15H,4-13H2,1-3H3/t15-,18+/m0/s1. The predicted octanol–water partition coefficient (Wildman–Crippen LogP) is 0.991. The van der Waals surface area contributed by atoms with Crippen LogP contribution in [-0.2, 0) is 14.8 Å². The van der Waals surface area contributed by atoms with Crippen LogP contribution in [0, 0.1) is 16.7 Å². The fourth-order valence-corrected chi connectivity index (χ4v) is 7.80. The average Bonchev–Trinajstić information content (AvgIpc) is 3.32. The topological polar surface area (TPSA) is 60.9 Å². The van der Waals surface area contributed by atoms with Crippen molar-refractivity contribution in [1.29, 1.82) is 0 Å². The molecule has 0 unspecified atom stereocenters. The molecule has 2 heterocycles. The van der Waals surface area contributed by atoms with Gasteiger partial charge in [-0.25, -0.2) is 12.7 Å². The second kappa shape index (κ2) is 5.67. The van der Waals surface area contributed by atoms with Crippen LogP contribution in [0.4, 0.5) is 0 Å². The van der Waals surface area contributed by atoms with Crippen molar-refractivity contribution >= 4 is 15.9 Å². The van der Waals surface area contributed by atoms with Gasteiger partial charge in [-0.15, -0.1) is 0 Å². The summed E-state index contributed by atoms with van der Waals surface area (Å²) in [7, 11) is 2.78. The van der Waals surface area contributed by atoms with Crippen molar-refractivity contribution in [3.05, 3.63) is 0 Å². The molecule has 2 aliphatic carbocycles. The molecular formula is C18H31N3O3S. The van der Waals surface area contributed by atoms with Crippen LogP contribution in [0.15, 0.2) is 0 Å². The molecule has 25 heavy (non-hydrogen) atoms. The molecule has 2 saturated carbocycles. The number of carbonyl (C=O) groups excluding carboxylic acids is 1. The zero-order chi connectivity index (χ0) is 18.0. The lowest BCUT2D eigenvalue weighted by Gasteiger charge is -2.44. The lowest BCUT2D eigenvalue weighted by molar-refractivity contribution is -0.141. The summed E-state index contributed by atoms with van der Waals surface area (Å²) in [5.74, 6) is 0.637. The minimum atomic E-state index is -3.07. The Bertz CT molecular complexity index is 665. The highest BCUT2D eigenvalue weighted by Gasteiger charge is 2.64. The third-order valence-corrected chi connectivity index (χ3v) is 9.78. The van der Waals surface area contributed by atoms with E-state index in [4.69, 9.17) is 0 Å². The quantitative estimate of drug-likeness (QED) is 0.744. The Morgan fingerprint density at radius 1 is 1.08 bits per heavy atom. The van der Waals surface area contributed by atoms with E-state index in [1.165, 1.54) is 0 Å². The van der Waals surface area contributed by atoms with Crippen molar-refractivity contribution < 1.29 is 13.2 Å². The number of likely N-dealkylation sites (tertiary alicyclic amines) is 1. The summed E-state index contributed by atoms with van der Waals surface area (Å²) in [4.78, 5) is 17.1. The first-order valence-corrected chi connectivity index (χ1v) is 11.1. The predicted molar refractivity (Wildman–Crippen MR) is 96.5 cm³/mol. The first-order chi connectivity index (χ1) is 11.7. The largest absolute Gasteiger partial charge is 0.348 e. The fraction of sp³-hybridized carbons (Fsp3) is 0.944. The molecule has 4 rings (SSSR count). The molecule has 4 aliphatic rings. The number of piperidine rings is 1. The molecule has 2 atom stereocenters. The molecule has 0 bridgehead atoms. The van der Waals surface area contributed by atoms with Crippen molar-refractivity contribution in [2.75, 3.05) is 47.3 Å². The van der Waals surface area contributed by atoms with Crippen LogP contribution in [0.25, 0.3) is 0 Å². The second-order valence-electron chi connectivity index (χ2n) is 9.11. The Kier molecular flexibility index (Phi) is 4.02. The minimum absolute atomic E-state index is 0.114. The van der Waals surface area contributed by atoms with Crippen molar-refractivity contribution in [3.8, 4) is 0 Å². The fourth-order valence-electron chi connectivity index (χ4n) is 5.95. The van der Waals surface area contributed by atoms with E-state index in [0.717, 1.165) is 51.6 Å². The first-order valence-electron chi connectivity index (χ1n) is 9.61. The van der Waals surface area contributed by atoms with Crippen LogP contribution in [-0.4, -0.2) is 81.0 Å². The van der Waals surface area contributed by atoms with E-state index in [-0.39, 0.29) is 22.0 Å². The van der Waals surface area contributed by atoms with Gasteiger partial charge in [0.2, 0.25) is 15.9 Å². The third kappa shape index (κ3) is 2.57. The number of fused-ring (bicyclic) bond motifs is 2. The Balaban J connectivity index is 1.55. The molecule has 0 aromatic carbocycles. The third-order valence-electron chi connectivity index (χ3n) is 7.38. The van der Waals surface area contributed by atoms with E-state index in [1.807, 2.05) is 14.1 Å². The zero-order valence-electron chi connectivity index (χ0n) is 15.7. The summed E-state index contributed by atoms with van der Waals surface area (Å²) in [6.45, 7) is 3.10. The molecule has 0 aromatic rings. The van der Waals surface area contributed by atoms with Crippen molar-refractivity contribution in [2.45, 2.75) is 43.8 Å². The van der Waals surface area contributed by atoms with Gasteiger partial charge in [0, 0.05) is 40.3 Å². The van der Waals surface area contributed by atoms with Crippen molar-refractivity contribution in [2.24, 2.45) is 16.7 Å². The molecule has 0 radical (unpaired) electrons. The van der Waals surface area contributed by atoms with E-state index >= 15 is 0 Å². The van der Waals surface area contributed by atoms with Crippen molar-refractivity contribution in [1.82, 2.24) is 14.1 Å². The van der Waals surface area contributed by atoms with Crippen LogP contribution in [0.2, 0.25) is 0 Å². The number of hydrogen-bond donors (Lipinski definition) is 0. The number of hydrogen-bond acceptors (Lipinski definition) is 4. The van der Waals surface area contributed by atoms with Crippen LogP contribution in [0.1, 0.15) is 38.5 Å². The number of carbonyl (C=O) groups is 1. The molecule has 7 heteroatoms. The van der Waals surface area contributed by atoms with E-state index in [0.29, 0.717) is 19.0 Å². The molecule has 0 aromatic heterocycles. The molecule has 6 nitrogen and oxygen atoms in total. The van der Waals surface area contributed by atoms with E-state index in [2.05, 4.69) is 11.9 Å². The SMILES string of the molecule is CN1C[C@H]2C3(CCN(S(=O)(=O)C4CC4)CC3)CC[C@@]2(C(=O)N(C)C)C1. The van der Waals surface area contributed by atoms with Crippen LogP contribution >= 0.6 is 0 Å². The summed E-state index contributed by atoms with van der Waals surface area (Å²) in [5, 5.41) is -0.114. The highest BCUT2D eigenvalue weighted by atomic mass is 32.2. The normalized spacial score (nSPS) is 35.9. The van der Waals surface area contributed by atoms with Gasteiger partial charge in [-0.3, -0.25) is 4.79 Å². The number of amides is 1. The van der Waals surface area contributed by atoms with Gasteiger partial charge in [-0.2, -0.15) is 0 Å². The smallest absolute Gasteiger partial charge is 0.229 e. The molecule has 1 spiro atoms. The van der Waals surface area contributed by atoms with Gasteiger partial charge < -0.3 is 9.80 Å². The molecule has 2 aliphatic heterocycles. The summed E-state index contributed by atoms with van der Waals surface area (Å²) in [5.41, 5.74) is -0.109.